The van der Waals surface area contributed by atoms with Gasteiger partial charge >= 0.3 is 6.18 Å². The number of aryl methyl sites for hydroxylation is 1. The fourth-order valence-electron chi connectivity index (χ4n) is 5.21. The number of nitrogens with zero attached hydrogens (tertiary/aromatic N) is 4. The first-order chi connectivity index (χ1) is 22.3. The lowest BCUT2D eigenvalue weighted by Gasteiger charge is -2.24. The van der Waals surface area contributed by atoms with Crippen molar-refractivity contribution in [3.63, 3.8) is 0 Å². The molecule has 0 fully saturated rings. The highest BCUT2D eigenvalue weighted by Gasteiger charge is 2.36. The van der Waals surface area contributed by atoms with E-state index in [-0.39, 0.29) is 27.9 Å². The van der Waals surface area contributed by atoms with Crippen LogP contribution >= 0.6 is 0 Å². The van der Waals surface area contributed by atoms with Crippen LogP contribution < -0.4 is 0 Å². The van der Waals surface area contributed by atoms with Gasteiger partial charge in [0.15, 0.2) is 15.7 Å². The molecule has 0 aliphatic rings. The summed E-state index contributed by atoms with van der Waals surface area (Å²) in [6.07, 6.45) is -4.73. The second-order valence-electron chi connectivity index (χ2n) is 10.8. The molecule has 0 saturated heterocycles. The van der Waals surface area contributed by atoms with Crippen molar-refractivity contribution in [2.75, 3.05) is 0 Å². The fourth-order valence-corrected chi connectivity index (χ4v) is 8.25. The summed E-state index contributed by atoms with van der Waals surface area (Å²) in [5, 5.41) is 14.2. The van der Waals surface area contributed by atoms with Gasteiger partial charge in [-0.05, 0) is 58.8 Å². The van der Waals surface area contributed by atoms with Crippen molar-refractivity contribution < 1.29 is 34.4 Å². The third-order valence-corrected chi connectivity index (χ3v) is 11.1. The number of furan rings is 1. The summed E-state index contributed by atoms with van der Waals surface area (Å²) in [6, 6.07) is 25.4. The molecule has 47 heavy (non-hydrogen) atoms. The molecule has 2 aromatic heterocycles. The summed E-state index contributed by atoms with van der Waals surface area (Å²) in [4.78, 5) is 0.108. The number of aromatic amines is 1. The molecule has 0 bridgehead atoms. The first-order valence-electron chi connectivity index (χ1n) is 14.1. The second-order valence-corrected chi connectivity index (χ2v) is 14.6. The Hall–Kier alpha value is -4.86. The van der Waals surface area contributed by atoms with Crippen molar-refractivity contribution >= 4 is 30.6 Å². The number of hydrogen-bond acceptors (Lipinski definition) is 8. The number of fused-ring (bicyclic) bond motifs is 1. The van der Waals surface area contributed by atoms with Gasteiger partial charge in [-0.3, -0.25) is 0 Å². The highest BCUT2D eigenvalue weighted by atomic mass is 32.2. The molecular formula is C32H26F3N5O5S2. The predicted molar refractivity (Wildman–Crippen MR) is 166 cm³/mol. The van der Waals surface area contributed by atoms with Gasteiger partial charge in [-0.1, -0.05) is 78.0 Å². The van der Waals surface area contributed by atoms with E-state index in [1.807, 2.05) is 0 Å². The largest absolute Gasteiger partial charge is 0.455 e. The molecule has 0 unspecified atom stereocenters. The molecule has 0 aliphatic heterocycles. The molecule has 242 valence electrons. The molecule has 0 atom stereocenters. The SMILES string of the molecule is Cc1ccc2ccccc2c1S(=O)(=O)N(Cc1ccc(-c2cccc(S(=O)(=O)Cc3nn[nH]n3)c2)cc1)Cc1ccc(C(F)(F)F)o1. The predicted octanol–water partition coefficient (Wildman–Crippen LogP) is 6.31. The van der Waals surface area contributed by atoms with E-state index in [2.05, 4.69) is 20.6 Å². The molecule has 10 nitrogen and oxygen atoms in total. The zero-order chi connectivity index (χ0) is 33.4. The van der Waals surface area contributed by atoms with E-state index < -0.39 is 44.1 Å². The Kier molecular flexibility index (Phi) is 8.46. The van der Waals surface area contributed by atoms with E-state index in [4.69, 9.17) is 4.42 Å². The van der Waals surface area contributed by atoms with Gasteiger partial charge in [0.25, 0.3) is 0 Å². The quantitative estimate of drug-likeness (QED) is 0.178. The minimum Gasteiger partial charge on any atom is -0.455 e. The summed E-state index contributed by atoms with van der Waals surface area (Å²) in [6.45, 7) is 1.02. The van der Waals surface area contributed by atoms with Gasteiger partial charge in [0, 0.05) is 11.9 Å². The van der Waals surface area contributed by atoms with Crippen LogP contribution in [0.25, 0.3) is 21.9 Å². The number of halogens is 3. The van der Waals surface area contributed by atoms with Crippen LogP contribution in [0.2, 0.25) is 0 Å². The van der Waals surface area contributed by atoms with E-state index in [0.29, 0.717) is 33.0 Å². The lowest BCUT2D eigenvalue weighted by molar-refractivity contribution is -0.153. The Bertz CT molecular complexity index is 2270. The van der Waals surface area contributed by atoms with Crippen LogP contribution in [0.3, 0.4) is 0 Å². The van der Waals surface area contributed by atoms with Gasteiger partial charge in [0.2, 0.25) is 15.8 Å². The van der Waals surface area contributed by atoms with Gasteiger partial charge < -0.3 is 4.42 Å². The van der Waals surface area contributed by atoms with Crippen molar-refractivity contribution in [1.82, 2.24) is 24.9 Å². The summed E-state index contributed by atoms with van der Waals surface area (Å²) >= 11 is 0. The zero-order valence-electron chi connectivity index (χ0n) is 24.6. The van der Waals surface area contributed by atoms with Crippen LogP contribution in [0.4, 0.5) is 13.2 Å². The number of H-pyrrole nitrogens is 1. The molecule has 0 spiro atoms. The second kappa shape index (κ2) is 12.4. The molecule has 6 aromatic rings. The van der Waals surface area contributed by atoms with Crippen LogP contribution in [-0.2, 0) is 44.9 Å². The number of benzene rings is 4. The number of hydrogen-bond donors (Lipinski definition) is 1. The number of aromatic nitrogens is 4. The lowest BCUT2D eigenvalue weighted by atomic mass is 10.0. The molecule has 0 saturated carbocycles. The molecule has 15 heteroatoms. The standard InChI is InChI=1S/C32H26F3N5O5S2/c1-21-9-12-24-5-2-3-8-28(24)31(21)47(43,44)40(19-26-15-16-29(45-26)32(33,34)35)18-22-10-13-23(14-11-22)25-6-4-7-27(17-25)46(41,42)20-30-36-38-39-37-30/h2-17H,18-20H2,1H3,(H,36,37,38,39). The van der Waals surface area contributed by atoms with Crippen LogP contribution in [0.5, 0.6) is 0 Å². The maximum absolute atomic E-state index is 14.3. The Labute approximate surface area is 267 Å². The molecule has 0 aliphatic carbocycles. The highest BCUT2D eigenvalue weighted by molar-refractivity contribution is 7.90. The summed E-state index contributed by atoms with van der Waals surface area (Å²) in [5.74, 6) is -1.81. The maximum Gasteiger partial charge on any atom is 0.449 e. The topological polar surface area (TPSA) is 139 Å². The minimum absolute atomic E-state index is 0.0298. The molecular weight excluding hydrogens is 656 g/mol. The van der Waals surface area contributed by atoms with Crippen molar-refractivity contribution in [2.24, 2.45) is 0 Å². The third-order valence-electron chi connectivity index (χ3n) is 7.50. The Morgan fingerprint density at radius 3 is 2.30 bits per heavy atom. The number of sulfone groups is 1. The number of tetrazole rings is 1. The summed E-state index contributed by atoms with van der Waals surface area (Å²) in [7, 11) is -8.05. The van der Waals surface area contributed by atoms with Crippen molar-refractivity contribution in [3.8, 4) is 11.1 Å². The van der Waals surface area contributed by atoms with Gasteiger partial charge in [0.1, 0.15) is 11.5 Å². The van der Waals surface area contributed by atoms with Crippen molar-refractivity contribution in [2.45, 2.75) is 41.7 Å². The van der Waals surface area contributed by atoms with Crippen LogP contribution in [0.15, 0.2) is 111 Å². The van der Waals surface area contributed by atoms with Crippen molar-refractivity contribution in [1.29, 1.82) is 0 Å². The van der Waals surface area contributed by atoms with E-state index in [0.717, 1.165) is 16.4 Å². The summed E-state index contributed by atoms with van der Waals surface area (Å²) in [5.41, 5.74) is 2.27. The highest BCUT2D eigenvalue weighted by Crippen LogP contribution is 2.34. The van der Waals surface area contributed by atoms with Crippen LogP contribution in [-0.4, -0.2) is 41.8 Å². The number of alkyl halides is 3. The van der Waals surface area contributed by atoms with E-state index >= 15 is 0 Å². The van der Waals surface area contributed by atoms with Gasteiger partial charge in [0.05, 0.1) is 16.3 Å². The minimum atomic E-state index is -4.73. The molecule has 4 aromatic carbocycles. The van der Waals surface area contributed by atoms with Crippen molar-refractivity contribution in [3.05, 3.63) is 126 Å². The summed E-state index contributed by atoms with van der Waals surface area (Å²) < 4.78 is 100. The van der Waals surface area contributed by atoms with E-state index in [1.54, 1.807) is 79.7 Å². The molecule has 1 N–H and O–H groups in total. The normalized spacial score (nSPS) is 12.6. The van der Waals surface area contributed by atoms with Gasteiger partial charge in [-0.2, -0.15) is 22.7 Å². The molecule has 2 heterocycles. The van der Waals surface area contributed by atoms with E-state index in [1.165, 1.54) is 12.1 Å². The first-order valence-corrected chi connectivity index (χ1v) is 17.2. The Morgan fingerprint density at radius 1 is 0.830 bits per heavy atom. The number of sulfonamides is 1. The number of rotatable bonds is 10. The molecule has 0 amide bonds. The average Bonchev–Trinajstić information content (AvgIpc) is 3.73. The monoisotopic (exact) mass is 681 g/mol. The Morgan fingerprint density at radius 2 is 1.60 bits per heavy atom. The lowest BCUT2D eigenvalue weighted by Crippen LogP contribution is -2.31. The Balaban J connectivity index is 1.33. The first kappa shape index (κ1) is 32.1. The van der Waals surface area contributed by atoms with E-state index in [9.17, 15) is 30.0 Å². The van der Waals surface area contributed by atoms with Crippen LogP contribution in [0.1, 0.15) is 28.5 Å². The third kappa shape index (κ3) is 6.82. The number of nitrogens with one attached hydrogen (secondary N) is 1. The van der Waals surface area contributed by atoms with Gasteiger partial charge in [-0.15, -0.1) is 10.2 Å². The molecule has 6 rings (SSSR count). The van der Waals surface area contributed by atoms with Gasteiger partial charge in [-0.25, -0.2) is 16.8 Å². The fraction of sp³-hybridized carbons (Fsp3) is 0.156. The smallest absolute Gasteiger partial charge is 0.449 e. The zero-order valence-corrected chi connectivity index (χ0v) is 26.3. The average molecular weight is 682 g/mol. The van der Waals surface area contributed by atoms with Crippen LogP contribution in [0, 0.1) is 6.92 Å². The molecule has 0 radical (unpaired) electrons. The maximum atomic E-state index is 14.3.